The van der Waals surface area contributed by atoms with Crippen molar-refractivity contribution in [3.05, 3.63) is 29.8 Å². The molecular formula is C20H28N6O. The molecule has 1 aromatic heterocycles. The number of benzene rings is 1. The quantitative estimate of drug-likeness (QED) is 0.873. The molecule has 1 aromatic carbocycles. The van der Waals surface area contributed by atoms with Crippen LogP contribution in [-0.2, 0) is 6.54 Å². The highest BCUT2D eigenvalue weighted by Gasteiger charge is 2.34. The Labute approximate surface area is 160 Å². The van der Waals surface area contributed by atoms with Crippen molar-refractivity contribution < 1.29 is 4.79 Å². The fraction of sp³-hybridized carbons (Fsp3) is 0.550. The first kappa shape index (κ1) is 18.0. The molecule has 7 heteroatoms. The number of anilines is 1. The molecule has 4 heterocycles. The van der Waals surface area contributed by atoms with Crippen LogP contribution in [0.25, 0.3) is 11.4 Å². The maximum atomic E-state index is 12.8. The van der Waals surface area contributed by atoms with E-state index in [-0.39, 0.29) is 11.9 Å². The highest BCUT2D eigenvalue weighted by molar-refractivity contribution is 5.95. The van der Waals surface area contributed by atoms with Crippen molar-refractivity contribution in [2.45, 2.75) is 32.4 Å². The van der Waals surface area contributed by atoms with Gasteiger partial charge in [-0.15, -0.1) is 5.10 Å². The molecule has 144 valence electrons. The van der Waals surface area contributed by atoms with Crippen LogP contribution in [0.15, 0.2) is 24.3 Å². The van der Waals surface area contributed by atoms with E-state index >= 15 is 0 Å². The van der Waals surface area contributed by atoms with Gasteiger partial charge in [-0.2, -0.15) is 4.98 Å². The summed E-state index contributed by atoms with van der Waals surface area (Å²) < 4.78 is 1.87. The van der Waals surface area contributed by atoms with E-state index in [0.717, 1.165) is 24.6 Å². The van der Waals surface area contributed by atoms with E-state index in [1.54, 1.807) is 0 Å². The highest BCUT2D eigenvalue weighted by atomic mass is 16.1. The summed E-state index contributed by atoms with van der Waals surface area (Å²) in [5, 5.41) is 7.85. The molecular weight excluding hydrogens is 340 g/mol. The monoisotopic (exact) mass is 368 g/mol. The van der Waals surface area contributed by atoms with Crippen LogP contribution < -0.4 is 10.2 Å². The first-order valence-corrected chi connectivity index (χ1v) is 9.81. The maximum Gasteiger partial charge on any atom is 0.251 e. The molecule has 0 radical (unpaired) electrons. The molecule has 2 aromatic rings. The van der Waals surface area contributed by atoms with Crippen LogP contribution in [0, 0.1) is 5.92 Å². The molecule has 5 rings (SSSR count). The number of aryl methyl sites for hydroxylation is 1. The molecule has 3 fully saturated rings. The molecule has 1 N–H and O–H groups in total. The van der Waals surface area contributed by atoms with Gasteiger partial charge in [0.05, 0.1) is 0 Å². The smallest absolute Gasteiger partial charge is 0.251 e. The molecule has 0 aliphatic carbocycles. The third-order valence-electron chi connectivity index (χ3n) is 5.71. The molecule has 7 nitrogen and oxygen atoms in total. The summed E-state index contributed by atoms with van der Waals surface area (Å²) in [5.41, 5.74) is 1.54. The van der Waals surface area contributed by atoms with Gasteiger partial charge in [-0.25, -0.2) is 4.68 Å². The third-order valence-corrected chi connectivity index (χ3v) is 5.71. The van der Waals surface area contributed by atoms with E-state index in [4.69, 9.17) is 0 Å². The van der Waals surface area contributed by atoms with E-state index in [0.29, 0.717) is 17.3 Å². The van der Waals surface area contributed by atoms with Gasteiger partial charge in [-0.1, -0.05) is 12.1 Å². The van der Waals surface area contributed by atoms with Crippen LogP contribution in [0.1, 0.15) is 30.1 Å². The molecule has 3 saturated heterocycles. The van der Waals surface area contributed by atoms with Crippen molar-refractivity contribution in [3.8, 4) is 11.4 Å². The highest BCUT2D eigenvalue weighted by Crippen LogP contribution is 2.28. The molecule has 3 aliphatic heterocycles. The number of rotatable bonds is 5. The predicted molar refractivity (Wildman–Crippen MR) is 106 cm³/mol. The molecule has 1 atom stereocenters. The van der Waals surface area contributed by atoms with Gasteiger partial charge in [-0.3, -0.25) is 4.79 Å². The number of hydrogen-bond acceptors (Lipinski definition) is 5. The van der Waals surface area contributed by atoms with Crippen molar-refractivity contribution in [1.29, 1.82) is 0 Å². The Morgan fingerprint density at radius 1 is 1.30 bits per heavy atom. The number of carbonyl (C=O) groups excluding carboxylic acids is 1. The lowest BCUT2D eigenvalue weighted by Crippen LogP contribution is -2.57. The summed E-state index contributed by atoms with van der Waals surface area (Å²) in [6.07, 6.45) is 2.38. The molecule has 0 saturated carbocycles. The van der Waals surface area contributed by atoms with E-state index in [1.165, 1.54) is 25.9 Å². The molecule has 27 heavy (non-hydrogen) atoms. The van der Waals surface area contributed by atoms with Crippen LogP contribution in [0.3, 0.4) is 0 Å². The van der Waals surface area contributed by atoms with Gasteiger partial charge in [0.2, 0.25) is 5.95 Å². The fourth-order valence-electron chi connectivity index (χ4n) is 4.18. The molecule has 0 unspecified atom stereocenters. The molecule has 2 bridgehead atoms. The van der Waals surface area contributed by atoms with Gasteiger partial charge in [0.1, 0.15) is 0 Å². The lowest BCUT2D eigenvalue weighted by Gasteiger charge is -2.44. The van der Waals surface area contributed by atoms with E-state index in [1.807, 2.05) is 54.9 Å². The van der Waals surface area contributed by atoms with Crippen molar-refractivity contribution >= 4 is 11.9 Å². The van der Waals surface area contributed by atoms with Gasteiger partial charge in [0, 0.05) is 44.4 Å². The minimum atomic E-state index is -0.00152. The topological polar surface area (TPSA) is 66.3 Å². The van der Waals surface area contributed by atoms with Gasteiger partial charge in [0.25, 0.3) is 5.91 Å². The summed E-state index contributed by atoms with van der Waals surface area (Å²) >= 11 is 0. The summed E-state index contributed by atoms with van der Waals surface area (Å²) in [5.74, 6) is 2.08. The van der Waals surface area contributed by atoms with Crippen LogP contribution in [0.5, 0.6) is 0 Å². The first-order valence-electron chi connectivity index (χ1n) is 9.81. The van der Waals surface area contributed by atoms with E-state index in [2.05, 4.69) is 20.3 Å². The second-order valence-electron chi connectivity index (χ2n) is 7.74. The Bertz CT molecular complexity index is 822. The van der Waals surface area contributed by atoms with Gasteiger partial charge in [-0.05, 0) is 50.9 Å². The average molecular weight is 368 g/mol. The number of nitrogens with one attached hydrogen (secondary N) is 1. The fourth-order valence-corrected chi connectivity index (χ4v) is 4.18. The van der Waals surface area contributed by atoms with Crippen molar-refractivity contribution in [3.63, 3.8) is 0 Å². The van der Waals surface area contributed by atoms with Gasteiger partial charge < -0.3 is 15.1 Å². The third kappa shape index (κ3) is 3.56. The Balaban J connectivity index is 1.53. The minimum absolute atomic E-state index is 0.00152. The van der Waals surface area contributed by atoms with Gasteiger partial charge in [0.15, 0.2) is 5.82 Å². The van der Waals surface area contributed by atoms with Crippen molar-refractivity contribution in [2.75, 3.05) is 38.6 Å². The lowest BCUT2D eigenvalue weighted by atomic mass is 9.84. The lowest BCUT2D eigenvalue weighted by molar-refractivity contribution is 0.0620. The maximum absolute atomic E-state index is 12.8. The summed E-state index contributed by atoms with van der Waals surface area (Å²) in [7, 11) is 3.91. The molecule has 0 spiro atoms. The van der Waals surface area contributed by atoms with Crippen molar-refractivity contribution in [2.24, 2.45) is 5.92 Å². The van der Waals surface area contributed by atoms with E-state index < -0.39 is 0 Å². The summed E-state index contributed by atoms with van der Waals surface area (Å²) in [6, 6.07) is 7.89. The number of nitrogens with zero attached hydrogens (tertiary/aromatic N) is 5. The zero-order valence-corrected chi connectivity index (χ0v) is 16.4. The summed E-state index contributed by atoms with van der Waals surface area (Å²) in [4.78, 5) is 21.9. The zero-order chi connectivity index (χ0) is 19.0. The number of fused-ring (bicyclic) bond motifs is 3. The average Bonchev–Trinajstić information content (AvgIpc) is 3.14. The number of hydrogen-bond donors (Lipinski definition) is 1. The minimum Gasteiger partial charge on any atom is -0.348 e. The van der Waals surface area contributed by atoms with Crippen LogP contribution in [-0.4, -0.2) is 65.3 Å². The summed E-state index contributed by atoms with van der Waals surface area (Å²) in [6.45, 7) is 6.12. The Hall–Kier alpha value is -2.41. The Morgan fingerprint density at radius 3 is 2.67 bits per heavy atom. The van der Waals surface area contributed by atoms with Crippen LogP contribution in [0.4, 0.5) is 5.95 Å². The largest absolute Gasteiger partial charge is 0.348 e. The molecule has 1 amide bonds. The Kier molecular flexibility index (Phi) is 4.86. The van der Waals surface area contributed by atoms with Gasteiger partial charge >= 0.3 is 0 Å². The van der Waals surface area contributed by atoms with E-state index in [9.17, 15) is 4.79 Å². The number of piperidine rings is 3. The standard InChI is InChI=1S/C20H28N6O/c1-4-26-20(24(2)3)22-18(23-26)15-6-5-7-16(12-15)19(27)21-17-13-25-10-8-14(17)9-11-25/h5-7,12,14,17H,4,8-11,13H2,1-3H3,(H,21,27)/t17-/m1/s1. The van der Waals surface area contributed by atoms with Crippen LogP contribution in [0.2, 0.25) is 0 Å². The Morgan fingerprint density at radius 2 is 2.07 bits per heavy atom. The normalized spacial score (nSPS) is 24.0. The second kappa shape index (κ2) is 7.31. The number of aromatic nitrogens is 3. The number of carbonyl (C=O) groups is 1. The SMILES string of the molecule is CCn1nc(-c2cccc(C(=O)N[C@@H]3CN4CCC3CC4)c2)nc1N(C)C. The zero-order valence-electron chi connectivity index (χ0n) is 16.4. The first-order chi connectivity index (χ1) is 13.0. The van der Waals surface area contributed by atoms with Crippen molar-refractivity contribution in [1.82, 2.24) is 25.0 Å². The van der Waals surface area contributed by atoms with Crippen LogP contribution >= 0.6 is 0 Å². The predicted octanol–water partition coefficient (Wildman–Crippen LogP) is 1.85. The molecule has 3 aliphatic rings. The second-order valence-corrected chi connectivity index (χ2v) is 7.74. The number of amides is 1.